The number of rotatable bonds is 3. The first kappa shape index (κ1) is 18.4. The fraction of sp³-hybridized carbons (Fsp3) is 0.381. The number of hydrogen-bond donors (Lipinski definition) is 1. The van der Waals surface area contributed by atoms with Gasteiger partial charge in [-0.3, -0.25) is 4.79 Å². The van der Waals surface area contributed by atoms with E-state index in [1.54, 1.807) is 0 Å². The van der Waals surface area contributed by atoms with Crippen molar-refractivity contribution in [2.45, 2.75) is 45.6 Å². The van der Waals surface area contributed by atoms with Gasteiger partial charge in [-0.25, -0.2) is 4.98 Å². The van der Waals surface area contributed by atoms with Crippen LogP contribution in [0, 0.1) is 24.2 Å². The van der Waals surface area contributed by atoms with Crippen molar-refractivity contribution in [3.8, 4) is 6.07 Å². The SMILES string of the molecule is Cc1cccc2cc(/C=C(\C#N)C(=O)N[C@@H]3CCCC[C@@H]3C)c(Cl)nc12. The maximum atomic E-state index is 12.6. The number of aromatic nitrogens is 1. The van der Waals surface area contributed by atoms with Crippen molar-refractivity contribution in [1.29, 1.82) is 5.26 Å². The molecule has 1 N–H and O–H groups in total. The third-order valence-corrected chi connectivity index (χ3v) is 5.42. The number of halogens is 1. The van der Waals surface area contributed by atoms with E-state index in [4.69, 9.17) is 11.6 Å². The summed E-state index contributed by atoms with van der Waals surface area (Å²) in [5.74, 6) is 0.0909. The molecule has 1 aliphatic rings. The van der Waals surface area contributed by atoms with Gasteiger partial charge < -0.3 is 5.32 Å². The van der Waals surface area contributed by atoms with Crippen molar-refractivity contribution in [3.05, 3.63) is 46.1 Å². The third-order valence-electron chi connectivity index (χ3n) is 5.12. The highest BCUT2D eigenvalue weighted by molar-refractivity contribution is 6.31. The predicted octanol–water partition coefficient (Wildman–Crippen LogP) is 4.80. The molecule has 134 valence electrons. The summed E-state index contributed by atoms with van der Waals surface area (Å²) < 4.78 is 0. The Morgan fingerprint density at radius 2 is 2.15 bits per heavy atom. The Balaban J connectivity index is 1.89. The minimum absolute atomic E-state index is 0.0541. The standard InChI is InChI=1S/C21H22ClN3O/c1-13-6-3-4-9-18(13)24-21(26)17(12-23)11-16-10-15-8-5-7-14(2)19(15)25-20(16)22/h5,7-8,10-11,13,18H,3-4,6,9H2,1-2H3,(H,24,26)/b17-11+/t13-,18+/m0/s1. The number of fused-ring (bicyclic) bond motifs is 1. The second-order valence-corrected chi connectivity index (χ2v) is 7.38. The van der Waals surface area contributed by atoms with Crippen LogP contribution in [0.4, 0.5) is 0 Å². The van der Waals surface area contributed by atoms with Crippen LogP contribution in [0.5, 0.6) is 0 Å². The van der Waals surface area contributed by atoms with E-state index in [0.29, 0.717) is 16.6 Å². The van der Waals surface area contributed by atoms with Gasteiger partial charge >= 0.3 is 0 Å². The fourth-order valence-electron chi connectivity index (χ4n) is 3.52. The van der Waals surface area contributed by atoms with Crippen molar-refractivity contribution < 1.29 is 4.79 Å². The molecule has 26 heavy (non-hydrogen) atoms. The van der Waals surface area contributed by atoms with Gasteiger partial charge in [0.2, 0.25) is 0 Å². The van der Waals surface area contributed by atoms with Gasteiger partial charge in [0, 0.05) is 17.0 Å². The van der Waals surface area contributed by atoms with Crippen LogP contribution >= 0.6 is 11.6 Å². The summed E-state index contributed by atoms with van der Waals surface area (Å²) in [6.07, 6.45) is 5.91. The summed E-state index contributed by atoms with van der Waals surface area (Å²) in [5, 5.41) is 13.7. The summed E-state index contributed by atoms with van der Waals surface area (Å²) in [6, 6.07) is 9.86. The molecule has 1 fully saturated rings. The molecular formula is C21H22ClN3O. The number of nitrogens with zero attached hydrogens (tertiary/aromatic N) is 2. The molecule has 0 unspecified atom stereocenters. The van der Waals surface area contributed by atoms with Crippen molar-refractivity contribution >= 4 is 34.5 Å². The molecule has 5 heteroatoms. The van der Waals surface area contributed by atoms with Crippen LogP contribution < -0.4 is 5.32 Å². The smallest absolute Gasteiger partial charge is 0.262 e. The largest absolute Gasteiger partial charge is 0.348 e. The Morgan fingerprint density at radius 1 is 1.38 bits per heavy atom. The number of benzene rings is 1. The van der Waals surface area contributed by atoms with E-state index >= 15 is 0 Å². The normalized spacial score (nSPS) is 20.6. The van der Waals surface area contributed by atoms with Crippen LogP contribution in [0.1, 0.15) is 43.7 Å². The van der Waals surface area contributed by atoms with E-state index in [0.717, 1.165) is 35.7 Å². The summed E-state index contributed by atoms with van der Waals surface area (Å²) >= 11 is 6.30. The van der Waals surface area contributed by atoms with E-state index in [9.17, 15) is 10.1 Å². The van der Waals surface area contributed by atoms with Crippen LogP contribution in [0.3, 0.4) is 0 Å². The second-order valence-electron chi connectivity index (χ2n) is 7.03. The molecule has 0 spiro atoms. The molecule has 0 bridgehead atoms. The fourth-order valence-corrected chi connectivity index (χ4v) is 3.72. The first-order chi connectivity index (χ1) is 12.5. The summed E-state index contributed by atoms with van der Waals surface area (Å²) in [4.78, 5) is 17.0. The zero-order valence-electron chi connectivity index (χ0n) is 15.1. The molecule has 0 aliphatic heterocycles. The van der Waals surface area contributed by atoms with Crippen molar-refractivity contribution in [2.75, 3.05) is 0 Å². The Hall–Kier alpha value is -2.38. The molecule has 3 rings (SSSR count). The van der Waals surface area contributed by atoms with Crippen LogP contribution in [-0.2, 0) is 4.79 Å². The third kappa shape index (κ3) is 3.89. The van der Waals surface area contributed by atoms with E-state index in [-0.39, 0.29) is 17.5 Å². The lowest BCUT2D eigenvalue weighted by Gasteiger charge is -2.29. The average Bonchev–Trinajstić information content (AvgIpc) is 2.62. The minimum atomic E-state index is -0.341. The number of nitriles is 1. The maximum Gasteiger partial charge on any atom is 0.262 e. The van der Waals surface area contributed by atoms with Crippen molar-refractivity contribution in [1.82, 2.24) is 10.3 Å². The minimum Gasteiger partial charge on any atom is -0.348 e. The Labute approximate surface area is 158 Å². The van der Waals surface area contributed by atoms with Gasteiger partial charge in [-0.2, -0.15) is 5.26 Å². The lowest BCUT2D eigenvalue weighted by atomic mass is 9.86. The highest BCUT2D eigenvalue weighted by Crippen LogP contribution is 2.26. The van der Waals surface area contributed by atoms with E-state index < -0.39 is 0 Å². The van der Waals surface area contributed by atoms with Crippen LogP contribution in [-0.4, -0.2) is 16.9 Å². The number of amides is 1. The van der Waals surface area contributed by atoms with E-state index in [2.05, 4.69) is 17.2 Å². The quantitative estimate of drug-likeness (QED) is 0.481. The van der Waals surface area contributed by atoms with Crippen molar-refractivity contribution in [2.24, 2.45) is 5.92 Å². The van der Waals surface area contributed by atoms with Gasteiger partial charge in [0.05, 0.1) is 5.52 Å². The lowest BCUT2D eigenvalue weighted by molar-refractivity contribution is -0.118. The number of pyridine rings is 1. The summed E-state index contributed by atoms with van der Waals surface area (Å²) in [6.45, 7) is 4.12. The summed E-state index contributed by atoms with van der Waals surface area (Å²) in [7, 11) is 0. The average molecular weight is 368 g/mol. The Kier molecular flexibility index (Phi) is 5.58. The zero-order chi connectivity index (χ0) is 18.7. The first-order valence-corrected chi connectivity index (χ1v) is 9.36. The van der Waals surface area contributed by atoms with Gasteiger partial charge in [0.25, 0.3) is 5.91 Å². The number of nitrogens with one attached hydrogen (secondary N) is 1. The van der Waals surface area contributed by atoms with Gasteiger partial charge in [-0.05, 0) is 43.4 Å². The molecule has 1 saturated carbocycles. The molecule has 0 radical (unpaired) electrons. The Morgan fingerprint density at radius 3 is 2.88 bits per heavy atom. The van der Waals surface area contributed by atoms with Crippen molar-refractivity contribution in [3.63, 3.8) is 0 Å². The Bertz CT molecular complexity index is 913. The highest BCUT2D eigenvalue weighted by atomic mass is 35.5. The van der Waals surface area contributed by atoms with Crippen LogP contribution in [0.2, 0.25) is 5.15 Å². The lowest BCUT2D eigenvalue weighted by Crippen LogP contribution is -2.41. The number of para-hydroxylation sites is 1. The van der Waals surface area contributed by atoms with Gasteiger partial charge in [-0.1, -0.05) is 49.6 Å². The number of carbonyl (C=O) groups is 1. The molecular weight excluding hydrogens is 346 g/mol. The number of hydrogen-bond acceptors (Lipinski definition) is 3. The highest BCUT2D eigenvalue weighted by Gasteiger charge is 2.24. The maximum absolute atomic E-state index is 12.6. The molecule has 0 saturated heterocycles. The van der Waals surface area contributed by atoms with E-state index in [1.165, 1.54) is 12.5 Å². The molecule has 1 heterocycles. The monoisotopic (exact) mass is 367 g/mol. The first-order valence-electron chi connectivity index (χ1n) is 8.98. The molecule has 1 aromatic carbocycles. The zero-order valence-corrected chi connectivity index (χ0v) is 15.8. The second kappa shape index (κ2) is 7.88. The van der Waals surface area contributed by atoms with Crippen LogP contribution in [0.25, 0.3) is 17.0 Å². The molecule has 2 atom stereocenters. The summed E-state index contributed by atoms with van der Waals surface area (Å²) in [5.41, 5.74) is 2.49. The number of aryl methyl sites for hydroxylation is 1. The van der Waals surface area contributed by atoms with Gasteiger partial charge in [0.15, 0.2) is 0 Å². The molecule has 1 amide bonds. The molecule has 4 nitrogen and oxygen atoms in total. The number of carbonyl (C=O) groups excluding carboxylic acids is 1. The van der Waals surface area contributed by atoms with Gasteiger partial charge in [0.1, 0.15) is 16.8 Å². The molecule has 2 aromatic rings. The van der Waals surface area contributed by atoms with Gasteiger partial charge in [-0.15, -0.1) is 0 Å². The molecule has 1 aliphatic carbocycles. The van der Waals surface area contributed by atoms with Crippen LogP contribution in [0.15, 0.2) is 29.8 Å². The molecule has 1 aromatic heterocycles. The van der Waals surface area contributed by atoms with E-state index in [1.807, 2.05) is 37.3 Å². The topological polar surface area (TPSA) is 65.8 Å². The predicted molar refractivity (Wildman–Crippen MR) is 105 cm³/mol.